The van der Waals surface area contributed by atoms with Crippen molar-refractivity contribution < 1.29 is 9.53 Å². The number of aromatic amines is 1. The molecule has 0 saturated heterocycles. The molecule has 0 spiro atoms. The molecule has 0 amide bonds. The van der Waals surface area contributed by atoms with Crippen molar-refractivity contribution in [3.8, 4) is 0 Å². The fourth-order valence-corrected chi connectivity index (χ4v) is 1.44. The number of H-pyrrole nitrogens is 1. The van der Waals surface area contributed by atoms with Crippen molar-refractivity contribution in [3.63, 3.8) is 0 Å². The number of benzene rings is 1. The van der Waals surface area contributed by atoms with Crippen LogP contribution in [0.4, 0.5) is 0 Å². The van der Waals surface area contributed by atoms with Crippen LogP contribution in [0, 0.1) is 0 Å². The summed E-state index contributed by atoms with van der Waals surface area (Å²) >= 11 is 0. The molecule has 1 aromatic heterocycles. The molecule has 2 rings (SSSR count). The van der Waals surface area contributed by atoms with Gasteiger partial charge in [-0.3, -0.25) is 4.79 Å². The summed E-state index contributed by atoms with van der Waals surface area (Å²) < 4.78 is 4.84. The van der Waals surface area contributed by atoms with Crippen molar-refractivity contribution in [1.29, 1.82) is 0 Å². The standard InChI is InChI=1S/C11H12N2O2.C2H6/c1-2-15-11(14)7-10-12-8-5-3-4-6-9(8)13-10;1-2/h3-6H,2,7H2,1H3,(H,12,13);1-2H3. The van der Waals surface area contributed by atoms with E-state index in [1.54, 1.807) is 6.92 Å². The largest absolute Gasteiger partial charge is 0.466 e. The van der Waals surface area contributed by atoms with Gasteiger partial charge in [-0.05, 0) is 19.1 Å². The highest BCUT2D eigenvalue weighted by molar-refractivity contribution is 5.77. The molecule has 0 aliphatic heterocycles. The van der Waals surface area contributed by atoms with Gasteiger partial charge < -0.3 is 9.72 Å². The first-order chi connectivity index (χ1) is 8.29. The highest BCUT2D eigenvalue weighted by atomic mass is 16.5. The highest BCUT2D eigenvalue weighted by Crippen LogP contribution is 2.10. The molecule has 0 bridgehead atoms. The molecule has 0 unspecified atom stereocenters. The summed E-state index contributed by atoms with van der Waals surface area (Å²) in [6.45, 7) is 6.19. The molecule has 1 aromatic carbocycles. The Hall–Kier alpha value is -1.84. The maximum absolute atomic E-state index is 11.2. The van der Waals surface area contributed by atoms with Crippen LogP contribution in [0.5, 0.6) is 0 Å². The Balaban J connectivity index is 0.000000686. The average Bonchev–Trinajstić information content (AvgIpc) is 2.73. The fraction of sp³-hybridized carbons (Fsp3) is 0.385. The van der Waals surface area contributed by atoms with E-state index in [4.69, 9.17) is 4.74 Å². The summed E-state index contributed by atoms with van der Waals surface area (Å²) in [5.74, 6) is 0.395. The van der Waals surface area contributed by atoms with Gasteiger partial charge in [0, 0.05) is 0 Å². The first kappa shape index (κ1) is 13.2. The van der Waals surface area contributed by atoms with Crippen molar-refractivity contribution in [2.75, 3.05) is 6.61 Å². The maximum atomic E-state index is 11.2. The van der Waals surface area contributed by atoms with Crippen LogP contribution in [0.2, 0.25) is 0 Å². The molecule has 1 N–H and O–H groups in total. The minimum absolute atomic E-state index is 0.197. The lowest BCUT2D eigenvalue weighted by Crippen LogP contribution is -2.08. The first-order valence-corrected chi connectivity index (χ1v) is 5.89. The molecular formula is C13H18N2O2. The zero-order valence-electron chi connectivity index (χ0n) is 10.5. The zero-order valence-corrected chi connectivity index (χ0v) is 10.5. The Labute approximate surface area is 101 Å². The molecule has 2 aromatic rings. The number of nitrogens with zero attached hydrogens (tertiary/aromatic N) is 1. The lowest BCUT2D eigenvalue weighted by molar-refractivity contribution is -0.142. The second-order valence-electron chi connectivity index (χ2n) is 3.18. The number of carbonyl (C=O) groups excluding carboxylic acids is 1. The van der Waals surface area contributed by atoms with Crippen molar-refractivity contribution in [2.24, 2.45) is 0 Å². The second-order valence-corrected chi connectivity index (χ2v) is 3.18. The van der Waals surface area contributed by atoms with Crippen LogP contribution >= 0.6 is 0 Å². The molecule has 0 radical (unpaired) electrons. The molecule has 92 valence electrons. The lowest BCUT2D eigenvalue weighted by atomic mass is 10.3. The number of imidazole rings is 1. The van der Waals surface area contributed by atoms with Crippen molar-refractivity contribution >= 4 is 17.0 Å². The Morgan fingerprint density at radius 1 is 1.35 bits per heavy atom. The molecular weight excluding hydrogens is 216 g/mol. The number of hydrogen-bond acceptors (Lipinski definition) is 3. The van der Waals surface area contributed by atoms with Gasteiger partial charge in [-0.2, -0.15) is 0 Å². The van der Waals surface area contributed by atoms with Crippen LogP contribution in [0.25, 0.3) is 11.0 Å². The van der Waals surface area contributed by atoms with Gasteiger partial charge in [0.15, 0.2) is 0 Å². The molecule has 0 saturated carbocycles. The SMILES string of the molecule is CC.CCOC(=O)Cc1nc2ccccc2[nH]1. The Morgan fingerprint density at radius 3 is 2.71 bits per heavy atom. The van der Waals surface area contributed by atoms with Gasteiger partial charge in [0.2, 0.25) is 0 Å². The smallest absolute Gasteiger partial charge is 0.313 e. The summed E-state index contributed by atoms with van der Waals surface area (Å²) in [7, 11) is 0. The van der Waals surface area contributed by atoms with Crippen LogP contribution < -0.4 is 0 Å². The lowest BCUT2D eigenvalue weighted by Gasteiger charge is -1.97. The monoisotopic (exact) mass is 234 g/mol. The van der Waals surface area contributed by atoms with Crippen molar-refractivity contribution in [1.82, 2.24) is 9.97 Å². The molecule has 4 heteroatoms. The van der Waals surface area contributed by atoms with E-state index in [0.717, 1.165) is 11.0 Å². The summed E-state index contributed by atoms with van der Waals surface area (Å²) in [6.07, 6.45) is 0.197. The third-order valence-electron chi connectivity index (χ3n) is 2.06. The number of esters is 1. The highest BCUT2D eigenvalue weighted by Gasteiger charge is 2.07. The summed E-state index contributed by atoms with van der Waals surface area (Å²) in [5, 5.41) is 0. The molecule has 0 atom stereocenters. The first-order valence-electron chi connectivity index (χ1n) is 5.89. The molecule has 1 heterocycles. The fourth-order valence-electron chi connectivity index (χ4n) is 1.44. The maximum Gasteiger partial charge on any atom is 0.313 e. The normalized spacial score (nSPS) is 9.59. The summed E-state index contributed by atoms with van der Waals surface area (Å²) in [6, 6.07) is 7.67. The number of aromatic nitrogens is 2. The van der Waals surface area contributed by atoms with E-state index >= 15 is 0 Å². The van der Waals surface area contributed by atoms with Gasteiger partial charge in [0.05, 0.1) is 17.6 Å². The third-order valence-corrected chi connectivity index (χ3v) is 2.06. The van der Waals surface area contributed by atoms with Gasteiger partial charge in [-0.25, -0.2) is 4.98 Å². The number of para-hydroxylation sites is 2. The molecule has 17 heavy (non-hydrogen) atoms. The number of ether oxygens (including phenoxy) is 1. The van der Waals surface area contributed by atoms with E-state index in [1.165, 1.54) is 0 Å². The van der Waals surface area contributed by atoms with Gasteiger partial charge in [0.1, 0.15) is 12.2 Å². The van der Waals surface area contributed by atoms with Crippen LogP contribution in [0.15, 0.2) is 24.3 Å². The predicted octanol–water partition coefficient (Wildman–Crippen LogP) is 2.69. The summed E-state index contributed by atoms with van der Waals surface area (Å²) in [4.78, 5) is 18.6. The molecule has 0 aliphatic carbocycles. The van der Waals surface area contributed by atoms with E-state index in [9.17, 15) is 4.79 Å². The third kappa shape index (κ3) is 3.59. The van der Waals surface area contributed by atoms with Gasteiger partial charge >= 0.3 is 5.97 Å². The van der Waals surface area contributed by atoms with Gasteiger partial charge in [-0.1, -0.05) is 26.0 Å². The molecule has 4 nitrogen and oxygen atoms in total. The van der Waals surface area contributed by atoms with E-state index in [-0.39, 0.29) is 12.4 Å². The quantitative estimate of drug-likeness (QED) is 0.831. The van der Waals surface area contributed by atoms with Gasteiger partial charge in [0.25, 0.3) is 0 Å². The Morgan fingerprint density at radius 2 is 2.06 bits per heavy atom. The van der Waals surface area contributed by atoms with Crippen LogP contribution in [-0.2, 0) is 16.0 Å². The van der Waals surface area contributed by atoms with Crippen LogP contribution in [0.3, 0.4) is 0 Å². The number of fused-ring (bicyclic) bond motifs is 1. The minimum atomic E-state index is -0.253. The van der Waals surface area contributed by atoms with Crippen LogP contribution in [0.1, 0.15) is 26.6 Å². The number of carbonyl (C=O) groups is 1. The average molecular weight is 234 g/mol. The summed E-state index contributed by atoms with van der Waals surface area (Å²) in [5.41, 5.74) is 1.81. The number of hydrogen-bond donors (Lipinski definition) is 1. The predicted molar refractivity (Wildman–Crippen MR) is 67.8 cm³/mol. The Kier molecular flexibility index (Phi) is 5.20. The van der Waals surface area contributed by atoms with E-state index in [1.807, 2.05) is 38.1 Å². The molecule has 0 fully saturated rings. The number of rotatable bonds is 3. The second kappa shape index (κ2) is 6.68. The van der Waals surface area contributed by atoms with Crippen molar-refractivity contribution in [2.45, 2.75) is 27.2 Å². The Bertz CT molecular complexity index is 444. The molecule has 0 aliphatic rings. The van der Waals surface area contributed by atoms with Crippen molar-refractivity contribution in [3.05, 3.63) is 30.1 Å². The number of nitrogens with one attached hydrogen (secondary N) is 1. The minimum Gasteiger partial charge on any atom is -0.466 e. The topological polar surface area (TPSA) is 55.0 Å². The zero-order chi connectivity index (χ0) is 12.7. The van der Waals surface area contributed by atoms with E-state index < -0.39 is 0 Å². The van der Waals surface area contributed by atoms with Gasteiger partial charge in [-0.15, -0.1) is 0 Å². The van der Waals surface area contributed by atoms with Crippen LogP contribution in [-0.4, -0.2) is 22.5 Å². The van der Waals surface area contributed by atoms with E-state index in [0.29, 0.717) is 12.4 Å². The van der Waals surface area contributed by atoms with E-state index in [2.05, 4.69) is 9.97 Å².